The van der Waals surface area contributed by atoms with E-state index in [0.29, 0.717) is 21.7 Å². The lowest BCUT2D eigenvalue weighted by Crippen LogP contribution is -2.42. The van der Waals surface area contributed by atoms with E-state index in [1.807, 2.05) is 12.1 Å². The maximum absolute atomic E-state index is 13.7. The molecule has 2 bridgehead atoms. The molecule has 2 aromatic carbocycles. The summed E-state index contributed by atoms with van der Waals surface area (Å²) in [5, 5.41) is 7.38. The van der Waals surface area contributed by atoms with Gasteiger partial charge in [0.2, 0.25) is 10.6 Å². The SMILES string of the molecule is [2H]C([2H])([2H])C([2H])(n1nc(Br)nc1Oc1ccc(F)c(Cl)c1)C([2H])([2H])[2H].[2H]C([2H])([2H])C([2H])(n1nc(CC2[C@@H]3CC[C@H]2CN(c2ccnc(OC)c2)C3)nc1Oc1ccc(F)c(Cl)c1)C([2H])([2H])[2H]. The van der Waals surface area contributed by atoms with E-state index in [4.69, 9.17) is 56.6 Å². The summed E-state index contributed by atoms with van der Waals surface area (Å²) in [6.45, 7) is -11.7. The fourth-order valence-electron chi connectivity index (χ4n) is 6.21. The van der Waals surface area contributed by atoms with Crippen LogP contribution in [0.25, 0.3) is 0 Å². The second-order valence-corrected chi connectivity index (χ2v) is 13.3. The smallest absolute Gasteiger partial charge is 0.321 e. The quantitative estimate of drug-likeness (QED) is 0.136. The Labute approximate surface area is 339 Å². The number of aromatic nitrogens is 7. The summed E-state index contributed by atoms with van der Waals surface area (Å²) in [4.78, 5) is 14.6. The van der Waals surface area contributed by atoms with Crippen LogP contribution < -0.4 is 19.1 Å². The standard InChI is InChI=1S/C25H29ClFN5O2.C11H10BrClFN3O/c1-15(2)32-25(34-19-6-7-22(27)21(26)11-19)29-23(30-32)12-20-16-4-5-17(20)14-31(13-16)18-8-9-28-24(10-18)33-3;1-6(2)17-11(15-10(12)16-17)18-7-3-4-9(14)8(13)5-7/h6-11,15-17,20H,4-5,12-14H2,1-3H3;3-6H,1-2H3/t16-,17+,20?;/i1D3,2D3,15D;1D3,2D3,6D. The van der Waals surface area contributed by atoms with Crippen LogP contribution in [0.1, 0.15) is 77.3 Å². The van der Waals surface area contributed by atoms with E-state index in [-0.39, 0.29) is 49.9 Å². The van der Waals surface area contributed by atoms with Crippen molar-refractivity contribution < 1.29 is 42.2 Å². The molecule has 52 heavy (non-hydrogen) atoms. The number of rotatable bonds is 10. The molecule has 1 saturated heterocycles. The van der Waals surface area contributed by atoms with Crippen LogP contribution in [0.4, 0.5) is 14.5 Å². The van der Waals surface area contributed by atoms with Gasteiger partial charge < -0.3 is 19.1 Å². The summed E-state index contributed by atoms with van der Waals surface area (Å²) in [5.74, 6) is -0.0631. The Morgan fingerprint density at radius 1 is 0.865 bits per heavy atom. The Kier molecular flexibility index (Phi) is 7.42. The van der Waals surface area contributed by atoms with Crippen LogP contribution in [0, 0.1) is 29.4 Å². The van der Waals surface area contributed by atoms with Crippen molar-refractivity contribution >= 4 is 44.8 Å². The number of hydrogen-bond acceptors (Lipinski definition) is 9. The highest BCUT2D eigenvalue weighted by atomic mass is 79.9. The first-order chi connectivity index (χ1) is 30.5. The van der Waals surface area contributed by atoms with E-state index in [0.717, 1.165) is 55.9 Å². The molecule has 5 aromatic rings. The number of methoxy groups -OCH3 is 1. The number of halogens is 5. The molecule has 0 N–H and O–H groups in total. The summed E-state index contributed by atoms with van der Waals surface area (Å²) in [7, 11) is 1.57. The normalized spacial score (nSPS) is 23.4. The Bertz CT molecular complexity index is 2510. The zero-order chi connectivity index (χ0) is 48.9. The number of piperidine rings is 1. The third-order valence-corrected chi connectivity index (χ3v) is 9.45. The van der Waals surface area contributed by atoms with Crippen LogP contribution in [0.5, 0.6) is 29.4 Å². The average molecular weight is 835 g/mol. The van der Waals surface area contributed by atoms with Gasteiger partial charge in [0.1, 0.15) is 23.1 Å². The van der Waals surface area contributed by atoms with Gasteiger partial charge in [-0.2, -0.15) is 15.1 Å². The molecule has 2 aliphatic rings. The van der Waals surface area contributed by atoms with Crippen molar-refractivity contribution in [1.29, 1.82) is 0 Å². The van der Waals surface area contributed by atoms with Crippen molar-refractivity contribution in [2.24, 2.45) is 17.8 Å². The second kappa shape index (κ2) is 16.3. The molecule has 1 saturated carbocycles. The Hall–Kier alpha value is -4.01. The number of pyridine rings is 1. The van der Waals surface area contributed by atoms with Gasteiger partial charge in [-0.05, 0) is 104 Å². The number of fused-ring (bicyclic) bond motifs is 2. The van der Waals surface area contributed by atoms with Gasteiger partial charge in [0.15, 0.2) is 5.82 Å². The van der Waals surface area contributed by atoms with Crippen LogP contribution >= 0.6 is 39.1 Å². The van der Waals surface area contributed by atoms with Crippen LogP contribution in [0.3, 0.4) is 0 Å². The minimum absolute atomic E-state index is 0.0174. The van der Waals surface area contributed by atoms with E-state index in [1.165, 1.54) is 12.1 Å². The number of hydrogen-bond donors (Lipinski definition) is 0. The zero-order valence-electron chi connectivity index (χ0n) is 41.2. The van der Waals surface area contributed by atoms with Crippen molar-refractivity contribution in [3.8, 4) is 29.4 Å². The van der Waals surface area contributed by atoms with Crippen molar-refractivity contribution in [2.45, 2.75) is 58.7 Å². The van der Waals surface area contributed by atoms with Crippen molar-refractivity contribution in [3.63, 3.8) is 0 Å². The molecule has 0 radical (unpaired) electrons. The number of nitrogens with zero attached hydrogens (tertiary/aromatic N) is 8. The average Bonchev–Trinajstić information content (AvgIpc) is 3.85. The first kappa shape index (κ1) is 23.6. The van der Waals surface area contributed by atoms with Crippen LogP contribution in [0.2, 0.25) is 10.0 Å². The van der Waals surface area contributed by atoms with Gasteiger partial charge in [-0.3, -0.25) is 0 Å². The molecule has 11 nitrogen and oxygen atoms in total. The predicted molar refractivity (Wildman–Crippen MR) is 198 cm³/mol. The van der Waals surface area contributed by atoms with Gasteiger partial charge >= 0.3 is 12.0 Å². The Balaban J connectivity index is 0.000000247. The minimum atomic E-state index is -3.32. The number of ether oxygens (including phenoxy) is 3. The predicted octanol–water partition coefficient (Wildman–Crippen LogP) is 9.76. The molecule has 7 rings (SSSR count). The molecular weight excluding hydrogens is 781 g/mol. The van der Waals surface area contributed by atoms with Gasteiger partial charge in [-0.25, -0.2) is 23.1 Å². The van der Waals surface area contributed by atoms with E-state index in [1.54, 1.807) is 13.3 Å². The number of anilines is 1. The van der Waals surface area contributed by atoms with Crippen LogP contribution in [-0.4, -0.2) is 54.7 Å². The first-order valence-electron chi connectivity index (χ1n) is 22.6. The van der Waals surface area contributed by atoms with Crippen LogP contribution in [-0.2, 0) is 6.42 Å². The lowest BCUT2D eigenvalue weighted by molar-refractivity contribution is 0.265. The summed E-state index contributed by atoms with van der Waals surface area (Å²) in [6, 6.07) is 3.06. The molecular formula is C36H39BrCl2F2N8O3. The highest BCUT2D eigenvalue weighted by Gasteiger charge is 2.42. The fourth-order valence-corrected chi connectivity index (χ4v) is 6.86. The topological polar surface area (TPSA) is 105 Å². The molecule has 2 fully saturated rings. The second-order valence-electron chi connectivity index (χ2n) is 11.8. The monoisotopic (exact) mass is 832 g/mol. The third-order valence-electron chi connectivity index (χ3n) is 8.54. The van der Waals surface area contributed by atoms with Crippen molar-refractivity contribution in [3.05, 3.63) is 87.0 Å². The largest absolute Gasteiger partial charge is 0.481 e. The first-order valence-corrected chi connectivity index (χ1v) is 17.1. The van der Waals surface area contributed by atoms with Gasteiger partial charge in [0.25, 0.3) is 0 Å². The summed E-state index contributed by atoms with van der Waals surface area (Å²) >= 11 is 14.4. The summed E-state index contributed by atoms with van der Waals surface area (Å²) < 4.78 is 153. The minimum Gasteiger partial charge on any atom is -0.481 e. The van der Waals surface area contributed by atoms with E-state index >= 15 is 0 Å². The molecule has 1 aliphatic carbocycles. The highest BCUT2D eigenvalue weighted by Crippen LogP contribution is 2.45. The molecule has 1 aliphatic heterocycles. The molecule has 1 unspecified atom stereocenters. The van der Waals surface area contributed by atoms with Gasteiger partial charge in [-0.1, -0.05) is 23.2 Å². The lowest BCUT2D eigenvalue weighted by Gasteiger charge is -2.39. The lowest BCUT2D eigenvalue weighted by atomic mass is 9.82. The molecule has 16 heteroatoms. The number of benzene rings is 2. The molecule has 4 heterocycles. The molecule has 0 amide bonds. The third kappa shape index (κ3) is 8.78. The maximum atomic E-state index is 13.7. The van der Waals surface area contributed by atoms with E-state index < -0.39 is 63.1 Å². The van der Waals surface area contributed by atoms with Crippen LogP contribution in [0.15, 0.2) is 59.5 Å². The molecule has 276 valence electrons. The van der Waals surface area contributed by atoms with Crippen molar-refractivity contribution in [1.82, 2.24) is 34.5 Å². The Morgan fingerprint density at radius 2 is 1.44 bits per heavy atom. The fraction of sp³-hybridized carbons (Fsp3) is 0.417. The van der Waals surface area contributed by atoms with E-state index in [9.17, 15) is 8.78 Å². The highest BCUT2D eigenvalue weighted by molar-refractivity contribution is 9.10. The van der Waals surface area contributed by atoms with Gasteiger partial charge in [-0.15, -0.1) is 5.10 Å². The van der Waals surface area contributed by atoms with Crippen molar-refractivity contribution in [2.75, 3.05) is 25.1 Å². The summed E-state index contributed by atoms with van der Waals surface area (Å²) in [6.07, 6.45) is 4.02. The molecule has 3 aromatic heterocycles. The molecule has 0 spiro atoms. The van der Waals surface area contributed by atoms with E-state index in [2.05, 4.69) is 46.0 Å². The maximum Gasteiger partial charge on any atom is 0.321 e. The van der Waals surface area contributed by atoms with Gasteiger partial charge in [0.05, 0.1) is 31.9 Å². The summed E-state index contributed by atoms with van der Waals surface area (Å²) in [5.41, 5.74) is 1.01. The zero-order valence-corrected chi connectivity index (χ0v) is 30.3. The Morgan fingerprint density at radius 3 is 2.00 bits per heavy atom. The molecule has 3 atom stereocenters. The van der Waals surface area contributed by atoms with Gasteiger partial charge in [0, 0.05) is 66.0 Å².